The van der Waals surface area contributed by atoms with Crippen molar-refractivity contribution in [2.24, 2.45) is 0 Å². The minimum absolute atomic E-state index is 0.104. The molecule has 0 saturated carbocycles. The van der Waals surface area contributed by atoms with Crippen LogP contribution in [0.4, 0.5) is 11.4 Å². The van der Waals surface area contributed by atoms with E-state index in [4.69, 9.17) is 9.47 Å². The third-order valence-electron chi connectivity index (χ3n) is 6.14. The Morgan fingerprint density at radius 2 is 1.78 bits per heavy atom. The van der Waals surface area contributed by atoms with E-state index in [0.717, 1.165) is 11.4 Å². The number of rotatable bonds is 9. The first-order chi connectivity index (χ1) is 18.0. The average Bonchev–Trinajstić information content (AvgIpc) is 3.33. The third kappa shape index (κ3) is 4.97. The summed E-state index contributed by atoms with van der Waals surface area (Å²) >= 11 is 0. The Hall–Kier alpha value is -4.79. The number of benzene rings is 3. The molecule has 2 N–H and O–H groups in total. The number of amides is 1. The second-order valence-electron chi connectivity index (χ2n) is 8.44. The van der Waals surface area contributed by atoms with Crippen molar-refractivity contribution in [2.75, 3.05) is 37.0 Å². The van der Waals surface area contributed by atoms with E-state index in [1.807, 2.05) is 54.6 Å². The highest BCUT2D eigenvalue weighted by molar-refractivity contribution is 6.09. The molecule has 188 valence electrons. The summed E-state index contributed by atoms with van der Waals surface area (Å²) in [6.07, 6.45) is 0.376. The molecule has 5 rings (SSSR count). The molecule has 3 aromatic carbocycles. The molecule has 0 spiro atoms. The van der Waals surface area contributed by atoms with Crippen LogP contribution in [0.15, 0.2) is 78.9 Å². The number of fused-ring (bicyclic) bond motifs is 1. The van der Waals surface area contributed by atoms with Crippen molar-refractivity contribution in [1.29, 1.82) is 0 Å². The van der Waals surface area contributed by atoms with Crippen molar-refractivity contribution in [1.82, 2.24) is 9.78 Å². The molecule has 4 aromatic rings. The van der Waals surface area contributed by atoms with E-state index < -0.39 is 5.97 Å². The van der Waals surface area contributed by atoms with Gasteiger partial charge in [-0.2, -0.15) is 5.10 Å². The van der Waals surface area contributed by atoms with Crippen LogP contribution in [0.3, 0.4) is 0 Å². The molecule has 1 aliphatic heterocycles. The first kappa shape index (κ1) is 23.9. The van der Waals surface area contributed by atoms with E-state index in [1.54, 1.807) is 36.3 Å². The molecule has 2 heterocycles. The number of aromatic nitrogens is 2. The van der Waals surface area contributed by atoms with E-state index in [1.165, 1.54) is 4.68 Å². The smallest absolute Gasteiger partial charge is 0.356 e. The number of para-hydroxylation sites is 1. The molecule has 0 saturated heterocycles. The molecule has 0 radical (unpaired) electrons. The maximum absolute atomic E-state index is 13.7. The quantitative estimate of drug-likeness (QED) is 0.332. The van der Waals surface area contributed by atoms with Crippen LogP contribution in [-0.4, -0.2) is 53.6 Å². The number of carbonyl (C=O) groups is 2. The van der Waals surface area contributed by atoms with Crippen LogP contribution in [0.25, 0.3) is 5.69 Å². The second kappa shape index (κ2) is 10.4. The summed E-state index contributed by atoms with van der Waals surface area (Å²) in [6.45, 7) is 1.42. The standard InChI is InChI=1S/C28H26N4O5/c1-36-22-12-10-20(11-13-22)32-26-24(25(30-32)28(34)35)14-16-31(27(26)33)21-7-5-6-19(18-21)29-15-17-37-23-8-3-2-4-9-23/h2-13,18,29H,14-17H2,1H3,(H,34,35). The number of ether oxygens (including phenoxy) is 2. The van der Waals surface area contributed by atoms with Crippen LogP contribution < -0.4 is 19.7 Å². The normalized spacial score (nSPS) is 12.7. The summed E-state index contributed by atoms with van der Waals surface area (Å²) in [5.41, 5.74) is 2.73. The Morgan fingerprint density at radius 1 is 1.00 bits per heavy atom. The van der Waals surface area contributed by atoms with Crippen LogP contribution in [-0.2, 0) is 6.42 Å². The summed E-state index contributed by atoms with van der Waals surface area (Å²) < 4.78 is 12.4. The highest BCUT2D eigenvalue weighted by Gasteiger charge is 2.35. The largest absolute Gasteiger partial charge is 0.497 e. The van der Waals surface area contributed by atoms with E-state index in [0.29, 0.717) is 48.8 Å². The van der Waals surface area contributed by atoms with Crippen molar-refractivity contribution in [3.63, 3.8) is 0 Å². The van der Waals surface area contributed by atoms with Crippen LogP contribution in [0, 0.1) is 0 Å². The fraction of sp³-hybridized carbons (Fsp3) is 0.179. The van der Waals surface area contributed by atoms with Crippen LogP contribution in [0.5, 0.6) is 11.5 Å². The number of hydrogen-bond donors (Lipinski definition) is 2. The number of carboxylic acid groups (broad SMARTS) is 1. The van der Waals surface area contributed by atoms with Gasteiger partial charge in [0.05, 0.1) is 12.8 Å². The maximum Gasteiger partial charge on any atom is 0.356 e. The highest BCUT2D eigenvalue weighted by atomic mass is 16.5. The van der Waals surface area contributed by atoms with Gasteiger partial charge in [0.1, 0.15) is 23.8 Å². The van der Waals surface area contributed by atoms with E-state index in [-0.39, 0.29) is 17.3 Å². The Morgan fingerprint density at radius 3 is 2.51 bits per heavy atom. The third-order valence-corrected chi connectivity index (χ3v) is 6.14. The van der Waals surface area contributed by atoms with Crippen LogP contribution in [0.2, 0.25) is 0 Å². The summed E-state index contributed by atoms with van der Waals surface area (Å²) in [7, 11) is 1.56. The Kier molecular flexibility index (Phi) is 6.76. The lowest BCUT2D eigenvalue weighted by Gasteiger charge is -2.28. The number of carbonyl (C=O) groups excluding carboxylic acids is 1. The molecule has 1 aromatic heterocycles. The number of nitrogens with one attached hydrogen (secondary N) is 1. The molecule has 0 fully saturated rings. The lowest BCUT2D eigenvalue weighted by atomic mass is 10.0. The fourth-order valence-corrected chi connectivity index (χ4v) is 4.35. The molecule has 1 amide bonds. The van der Waals surface area contributed by atoms with Gasteiger partial charge in [-0.25, -0.2) is 9.48 Å². The molecule has 0 aliphatic carbocycles. The summed E-state index contributed by atoms with van der Waals surface area (Å²) in [5, 5.41) is 17.3. The molecule has 1 aliphatic rings. The number of anilines is 2. The number of hydrogen-bond acceptors (Lipinski definition) is 6. The zero-order chi connectivity index (χ0) is 25.8. The van der Waals surface area contributed by atoms with Gasteiger partial charge in [0, 0.05) is 30.0 Å². The number of nitrogens with zero attached hydrogens (tertiary/aromatic N) is 3. The van der Waals surface area contributed by atoms with Gasteiger partial charge in [0.15, 0.2) is 5.69 Å². The zero-order valence-electron chi connectivity index (χ0n) is 20.3. The van der Waals surface area contributed by atoms with E-state index in [2.05, 4.69) is 10.4 Å². The van der Waals surface area contributed by atoms with Gasteiger partial charge < -0.3 is 24.8 Å². The van der Waals surface area contributed by atoms with Gasteiger partial charge in [0.2, 0.25) is 0 Å². The molecular weight excluding hydrogens is 472 g/mol. The number of methoxy groups -OCH3 is 1. The van der Waals surface area contributed by atoms with E-state index in [9.17, 15) is 14.7 Å². The molecular formula is C28H26N4O5. The van der Waals surface area contributed by atoms with Crippen LogP contribution >= 0.6 is 0 Å². The lowest BCUT2D eigenvalue weighted by Crippen LogP contribution is -2.39. The Balaban J connectivity index is 1.36. The zero-order valence-corrected chi connectivity index (χ0v) is 20.3. The van der Waals surface area contributed by atoms with Crippen molar-refractivity contribution in [3.05, 3.63) is 95.8 Å². The average molecular weight is 499 g/mol. The topological polar surface area (TPSA) is 106 Å². The minimum atomic E-state index is -1.16. The molecule has 37 heavy (non-hydrogen) atoms. The predicted molar refractivity (Wildman–Crippen MR) is 139 cm³/mol. The van der Waals surface area contributed by atoms with Crippen molar-refractivity contribution in [3.8, 4) is 17.2 Å². The fourth-order valence-electron chi connectivity index (χ4n) is 4.35. The molecule has 0 bridgehead atoms. The van der Waals surface area contributed by atoms with Gasteiger partial charge in [-0.1, -0.05) is 24.3 Å². The Bertz CT molecular complexity index is 1420. The SMILES string of the molecule is COc1ccc(-n2nc(C(=O)O)c3c2C(=O)N(c2cccc(NCCOc4ccccc4)c2)CC3)cc1. The minimum Gasteiger partial charge on any atom is -0.497 e. The molecule has 0 unspecified atom stereocenters. The molecule has 9 heteroatoms. The second-order valence-corrected chi connectivity index (χ2v) is 8.44. The van der Waals surface area contributed by atoms with Gasteiger partial charge in [-0.05, 0) is 61.0 Å². The Labute approximate surface area is 213 Å². The number of carboxylic acids is 1. The van der Waals surface area contributed by atoms with Gasteiger partial charge >= 0.3 is 5.97 Å². The van der Waals surface area contributed by atoms with Crippen molar-refractivity contribution < 1.29 is 24.2 Å². The van der Waals surface area contributed by atoms with Crippen molar-refractivity contribution in [2.45, 2.75) is 6.42 Å². The van der Waals surface area contributed by atoms with Gasteiger partial charge in [-0.15, -0.1) is 0 Å². The van der Waals surface area contributed by atoms with E-state index >= 15 is 0 Å². The highest BCUT2D eigenvalue weighted by Crippen LogP contribution is 2.30. The van der Waals surface area contributed by atoms with Gasteiger partial charge in [-0.3, -0.25) is 4.79 Å². The number of aromatic carboxylic acids is 1. The predicted octanol–water partition coefficient (Wildman–Crippen LogP) is 4.27. The molecule has 0 atom stereocenters. The van der Waals surface area contributed by atoms with Gasteiger partial charge in [0.25, 0.3) is 5.91 Å². The van der Waals surface area contributed by atoms with Crippen LogP contribution in [0.1, 0.15) is 26.5 Å². The monoisotopic (exact) mass is 498 g/mol. The molecule has 9 nitrogen and oxygen atoms in total. The summed E-state index contributed by atoms with van der Waals surface area (Å²) in [5.74, 6) is -0.00746. The summed E-state index contributed by atoms with van der Waals surface area (Å²) in [6, 6.07) is 24.1. The lowest BCUT2D eigenvalue weighted by molar-refractivity contribution is 0.0688. The maximum atomic E-state index is 13.7. The van der Waals surface area contributed by atoms with Crippen molar-refractivity contribution >= 4 is 23.3 Å². The first-order valence-corrected chi connectivity index (χ1v) is 11.9. The summed E-state index contributed by atoms with van der Waals surface area (Å²) in [4.78, 5) is 27.3. The first-order valence-electron chi connectivity index (χ1n) is 11.9.